The molecule has 6 nitrogen and oxygen atoms in total. The molecule has 6 heteroatoms. The van der Waals surface area contributed by atoms with E-state index in [4.69, 9.17) is 5.11 Å². The third-order valence-electron chi connectivity index (χ3n) is 4.45. The number of carbonyl (C=O) groups excluding carboxylic acids is 1. The Kier molecular flexibility index (Phi) is 5.23. The zero-order valence-corrected chi connectivity index (χ0v) is 12.2. The summed E-state index contributed by atoms with van der Waals surface area (Å²) < 4.78 is 0. The number of carboxylic acids is 1. The van der Waals surface area contributed by atoms with Crippen molar-refractivity contribution < 1.29 is 14.7 Å². The van der Waals surface area contributed by atoms with Crippen LogP contribution in [-0.2, 0) is 4.79 Å². The molecule has 0 aliphatic carbocycles. The molecule has 2 heterocycles. The van der Waals surface area contributed by atoms with Crippen molar-refractivity contribution in [3.8, 4) is 0 Å². The zero-order valence-electron chi connectivity index (χ0n) is 12.2. The van der Waals surface area contributed by atoms with Gasteiger partial charge in [-0.1, -0.05) is 6.92 Å². The van der Waals surface area contributed by atoms with Crippen LogP contribution in [0.4, 0.5) is 4.79 Å². The van der Waals surface area contributed by atoms with E-state index >= 15 is 0 Å². The maximum Gasteiger partial charge on any atom is 0.317 e. The summed E-state index contributed by atoms with van der Waals surface area (Å²) in [4.78, 5) is 27.3. The highest BCUT2D eigenvalue weighted by atomic mass is 16.4. The van der Waals surface area contributed by atoms with Crippen LogP contribution < -0.4 is 5.32 Å². The van der Waals surface area contributed by atoms with E-state index in [-0.39, 0.29) is 12.6 Å². The Morgan fingerprint density at radius 3 is 2.60 bits per heavy atom. The number of hydrogen-bond donors (Lipinski definition) is 2. The lowest BCUT2D eigenvalue weighted by molar-refractivity contribution is -0.141. The predicted octanol–water partition coefficient (Wildman–Crippen LogP) is 0.977. The number of carbonyl (C=O) groups is 2. The number of nitrogens with one attached hydrogen (secondary N) is 1. The molecule has 0 aromatic heterocycles. The Labute approximate surface area is 120 Å². The molecule has 0 spiro atoms. The van der Waals surface area contributed by atoms with E-state index in [1.54, 1.807) is 0 Å². The first-order chi connectivity index (χ1) is 9.61. The van der Waals surface area contributed by atoms with E-state index in [0.29, 0.717) is 12.5 Å². The second-order valence-electron chi connectivity index (χ2n) is 5.76. The topological polar surface area (TPSA) is 72.9 Å². The standard InChI is InChI=1S/C14H25N3O3/c1-2-11(13(18)19)9-15-14(20)17-8-5-12(10-17)16-6-3-4-7-16/h11-12H,2-10H2,1H3,(H,15,20)(H,18,19). The summed E-state index contributed by atoms with van der Waals surface area (Å²) in [6.45, 7) is 5.89. The first kappa shape index (κ1) is 15.1. The van der Waals surface area contributed by atoms with Gasteiger partial charge in [-0.3, -0.25) is 9.69 Å². The first-order valence-electron chi connectivity index (χ1n) is 7.61. The SMILES string of the molecule is CCC(CNC(=O)N1CCC(N2CCCC2)C1)C(=O)O. The number of amides is 2. The molecule has 2 rings (SSSR count). The van der Waals surface area contributed by atoms with Crippen LogP contribution >= 0.6 is 0 Å². The maximum atomic E-state index is 12.1. The molecular formula is C14H25N3O3. The normalized spacial score (nSPS) is 24.9. The molecule has 0 bridgehead atoms. The molecule has 2 fully saturated rings. The van der Waals surface area contributed by atoms with E-state index in [1.807, 2.05) is 11.8 Å². The molecule has 20 heavy (non-hydrogen) atoms. The molecule has 2 aliphatic rings. The second-order valence-corrected chi connectivity index (χ2v) is 5.76. The highest BCUT2D eigenvalue weighted by Gasteiger charge is 2.31. The smallest absolute Gasteiger partial charge is 0.317 e. The average Bonchev–Trinajstić information content (AvgIpc) is 3.09. The van der Waals surface area contributed by atoms with Gasteiger partial charge >= 0.3 is 12.0 Å². The lowest BCUT2D eigenvalue weighted by Gasteiger charge is -2.24. The minimum Gasteiger partial charge on any atom is -0.481 e. The van der Waals surface area contributed by atoms with Crippen molar-refractivity contribution in [3.63, 3.8) is 0 Å². The number of urea groups is 1. The Bertz CT molecular complexity index is 356. The van der Waals surface area contributed by atoms with E-state index in [1.165, 1.54) is 12.8 Å². The summed E-state index contributed by atoms with van der Waals surface area (Å²) in [5, 5.41) is 11.7. The Hall–Kier alpha value is -1.30. The van der Waals surface area contributed by atoms with Crippen molar-refractivity contribution in [2.45, 2.75) is 38.6 Å². The summed E-state index contributed by atoms with van der Waals surface area (Å²) in [7, 11) is 0. The first-order valence-corrected chi connectivity index (χ1v) is 7.61. The summed E-state index contributed by atoms with van der Waals surface area (Å²) in [5.74, 6) is -1.33. The van der Waals surface area contributed by atoms with Crippen molar-refractivity contribution in [1.82, 2.24) is 15.1 Å². The van der Waals surface area contributed by atoms with Crippen molar-refractivity contribution in [1.29, 1.82) is 0 Å². The van der Waals surface area contributed by atoms with Crippen molar-refractivity contribution in [2.75, 3.05) is 32.7 Å². The number of aliphatic carboxylic acids is 1. The van der Waals surface area contributed by atoms with E-state index in [0.717, 1.165) is 32.6 Å². The van der Waals surface area contributed by atoms with Crippen LogP contribution in [0.2, 0.25) is 0 Å². The van der Waals surface area contributed by atoms with Crippen LogP contribution in [0.15, 0.2) is 0 Å². The summed E-state index contributed by atoms with van der Waals surface area (Å²) >= 11 is 0. The molecule has 0 aromatic carbocycles. The van der Waals surface area contributed by atoms with Gasteiger partial charge in [0.25, 0.3) is 0 Å². The van der Waals surface area contributed by atoms with Gasteiger partial charge < -0.3 is 15.3 Å². The van der Waals surface area contributed by atoms with Gasteiger partial charge in [0.05, 0.1) is 5.92 Å². The minimum absolute atomic E-state index is 0.119. The van der Waals surface area contributed by atoms with Gasteiger partial charge in [0.2, 0.25) is 0 Å². The largest absolute Gasteiger partial charge is 0.481 e. The summed E-state index contributed by atoms with van der Waals surface area (Å²) in [6, 6.07) is 0.371. The summed E-state index contributed by atoms with van der Waals surface area (Å²) in [6.07, 6.45) is 4.09. The van der Waals surface area contributed by atoms with Crippen LogP contribution in [0, 0.1) is 5.92 Å². The van der Waals surface area contributed by atoms with Crippen LogP contribution in [0.5, 0.6) is 0 Å². The third-order valence-corrected chi connectivity index (χ3v) is 4.45. The number of nitrogens with zero attached hydrogens (tertiary/aromatic N) is 2. The van der Waals surface area contributed by atoms with Gasteiger partial charge in [0, 0.05) is 25.7 Å². The average molecular weight is 283 g/mol. The van der Waals surface area contributed by atoms with Crippen LogP contribution in [0.1, 0.15) is 32.6 Å². The molecule has 2 unspecified atom stereocenters. The Morgan fingerprint density at radius 2 is 2.00 bits per heavy atom. The second kappa shape index (κ2) is 6.92. The van der Waals surface area contributed by atoms with Crippen LogP contribution in [0.3, 0.4) is 0 Å². The fourth-order valence-electron chi connectivity index (χ4n) is 3.06. The molecule has 0 aromatic rings. The number of likely N-dealkylation sites (tertiary alicyclic amines) is 2. The minimum atomic E-state index is -0.843. The summed E-state index contributed by atoms with van der Waals surface area (Å²) in [5.41, 5.74) is 0. The van der Waals surface area contributed by atoms with Gasteiger partial charge in [-0.15, -0.1) is 0 Å². The number of carboxylic acid groups (broad SMARTS) is 1. The van der Waals surface area contributed by atoms with Crippen molar-refractivity contribution in [2.24, 2.45) is 5.92 Å². The van der Waals surface area contributed by atoms with E-state index < -0.39 is 11.9 Å². The zero-order chi connectivity index (χ0) is 14.5. The molecule has 2 aliphatic heterocycles. The van der Waals surface area contributed by atoms with Gasteiger partial charge in [0.1, 0.15) is 0 Å². The highest BCUT2D eigenvalue weighted by Crippen LogP contribution is 2.20. The van der Waals surface area contributed by atoms with Gasteiger partial charge in [-0.25, -0.2) is 4.79 Å². The molecule has 0 saturated carbocycles. The quantitative estimate of drug-likeness (QED) is 0.789. The fourth-order valence-corrected chi connectivity index (χ4v) is 3.06. The molecule has 114 valence electrons. The van der Waals surface area contributed by atoms with Crippen molar-refractivity contribution in [3.05, 3.63) is 0 Å². The highest BCUT2D eigenvalue weighted by molar-refractivity contribution is 5.76. The van der Waals surface area contributed by atoms with Crippen LogP contribution in [-0.4, -0.2) is 65.7 Å². The molecule has 2 atom stereocenters. The molecule has 2 amide bonds. The third kappa shape index (κ3) is 3.62. The molecule has 2 saturated heterocycles. The van der Waals surface area contributed by atoms with Gasteiger partial charge in [-0.05, 0) is 38.8 Å². The van der Waals surface area contributed by atoms with Crippen molar-refractivity contribution >= 4 is 12.0 Å². The van der Waals surface area contributed by atoms with Crippen LogP contribution in [0.25, 0.3) is 0 Å². The number of hydrogen-bond acceptors (Lipinski definition) is 3. The molecular weight excluding hydrogens is 258 g/mol. The monoisotopic (exact) mass is 283 g/mol. The maximum absolute atomic E-state index is 12.1. The van der Waals surface area contributed by atoms with Gasteiger partial charge in [-0.2, -0.15) is 0 Å². The Morgan fingerprint density at radius 1 is 1.30 bits per heavy atom. The number of rotatable bonds is 5. The van der Waals surface area contributed by atoms with E-state index in [9.17, 15) is 9.59 Å². The van der Waals surface area contributed by atoms with Gasteiger partial charge in [0.15, 0.2) is 0 Å². The Balaban J connectivity index is 1.75. The molecule has 2 N–H and O–H groups in total. The van der Waals surface area contributed by atoms with E-state index in [2.05, 4.69) is 10.2 Å². The lowest BCUT2D eigenvalue weighted by Crippen LogP contribution is -2.43. The fraction of sp³-hybridized carbons (Fsp3) is 0.857. The molecule has 0 radical (unpaired) electrons. The lowest BCUT2D eigenvalue weighted by atomic mass is 10.1. The predicted molar refractivity (Wildman–Crippen MR) is 75.6 cm³/mol.